The van der Waals surface area contributed by atoms with Crippen molar-refractivity contribution in [1.82, 2.24) is 9.97 Å². The number of amides is 1. The predicted octanol–water partition coefficient (Wildman–Crippen LogP) is 3.11. The molecule has 0 spiro atoms. The van der Waals surface area contributed by atoms with Crippen molar-refractivity contribution in [2.75, 3.05) is 5.32 Å². The Labute approximate surface area is 121 Å². The van der Waals surface area contributed by atoms with E-state index in [0.29, 0.717) is 16.6 Å². The minimum Gasteiger partial charge on any atom is -0.474 e. The Morgan fingerprint density at radius 2 is 2.15 bits per heavy atom. The number of nitrogens with zero attached hydrogens (tertiary/aromatic N) is 2. The molecule has 2 aromatic heterocycles. The van der Waals surface area contributed by atoms with Gasteiger partial charge in [0, 0.05) is 29.4 Å². The molecule has 1 N–H and O–H groups in total. The van der Waals surface area contributed by atoms with Crippen molar-refractivity contribution in [1.29, 1.82) is 0 Å². The fourth-order valence-corrected chi connectivity index (χ4v) is 2.77. The van der Waals surface area contributed by atoms with Crippen molar-refractivity contribution in [2.24, 2.45) is 0 Å². The molecule has 104 valence electrons. The summed E-state index contributed by atoms with van der Waals surface area (Å²) in [5.74, 6) is 0.322. The van der Waals surface area contributed by atoms with E-state index in [-0.39, 0.29) is 12.0 Å². The van der Waals surface area contributed by atoms with Crippen LogP contribution in [0.1, 0.15) is 36.0 Å². The predicted molar refractivity (Wildman–Crippen MR) is 77.2 cm³/mol. The molecule has 1 amide bonds. The smallest absolute Gasteiger partial charge is 0.257 e. The molecule has 1 saturated carbocycles. The van der Waals surface area contributed by atoms with E-state index in [4.69, 9.17) is 4.74 Å². The van der Waals surface area contributed by atoms with Crippen molar-refractivity contribution in [3.63, 3.8) is 0 Å². The third-order valence-corrected chi connectivity index (χ3v) is 3.93. The molecule has 2 aromatic rings. The van der Waals surface area contributed by atoms with Gasteiger partial charge < -0.3 is 4.74 Å². The first-order chi connectivity index (χ1) is 9.81. The Morgan fingerprint density at radius 3 is 2.90 bits per heavy atom. The number of anilines is 1. The van der Waals surface area contributed by atoms with Crippen molar-refractivity contribution in [2.45, 2.75) is 31.8 Å². The number of rotatable bonds is 4. The molecule has 0 aliphatic heterocycles. The minimum absolute atomic E-state index is 0.196. The number of pyridine rings is 1. The average molecular weight is 289 g/mol. The Kier molecular flexibility index (Phi) is 3.92. The second-order valence-electron chi connectivity index (χ2n) is 4.70. The number of ether oxygens (including phenoxy) is 1. The lowest BCUT2D eigenvalue weighted by Crippen LogP contribution is -2.14. The van der Waals surface area contributed by atoms with Gasteiger partial charge in [0.25, 0.3) is 5.91 Å². The van der Waals surface area contributed by atoms with Gasteiger partial charge in [-0.05, 0) is 31.7 Å². The first-order valence-corrected chi connectivity index (χ1v) is 7.53. The largest absolute Gasteiger partial charge is 0.474 e. The maximum atomic E-state index is 12.1. The fraction of sp³-hybridized carbons (Fsp3) is 0.357. The van der Waals surface area contributed by atoms with Crippen molar-refractivity contribution >= 4 is 22.4 Å². The van der Waals surface area contributed by atoms with Crippen LogP contribution in [-0.2, 0) is 0 Å². The second kappa shape index (κ2) is 6.00. The Bertz CT molecular complexity index is 580. The Hall–Kier alpha value is -1.95. The standard InChI is InChI=1S/C14H15N3O2S/c18-13(17-14-16-7-8-20-14)10-5-6-15-12(9-10)19-11-3-1-2-4-11/h5-9,11H,1-4H2,(H,16,17,18). The molecule has 0 unspecified atom stereocenters. The molecule has 3 rings (SSSR count). The zero-order valence-electron chi connectivity index (χ0n) is 10.9. The summed E-state index contributed by atoms with van der Waals surface area (Å²) in [5.41, 5.74) is 0.531. The van der Waals surface area contributed by atoms with Crippen LogP contribution in [0.15, 0.2) is 29.9 Å². The number of carbonyl (C=O) groups excluding carboxylic acids is 1. The van der Waals surface area contributed by atoms with Crippen LogP contribution in [0.25, 0.3) is 0 Å². The van der Waals surface area contributed by atoms with Gasteiger partial charge in [0.2, 0.25) is 5.88 Å². The molecular weight excluding hydrogens is 274 g/mol. The van der Waals surface area contributed by atoms with Crippen LogP contribution in [0, 0.1) is 0 Å². The number of thiazole rings is 1. The summed E-state index contributed by atoms with van der Waals surface area (Å²) in [4.78, 5) is 20.3. The lowest BCUT2D eigenvalue weighted by atomic mass is 10.2. The SMILES string of the molecule is O=C(Nc1nccs1)c1ccnc(OC2CCCC2)c1. The van der Waals surface area contributed by atoms with Gasteiger partial charge >= 0.3 is 0 Å². The monoisotopic (exact) mass is 289 g/mol. The van der Waals surface area contributed by atoms with Gasteiger partial charge in [-0.15, -0.1) is 11.3 Å². The summed E-state index contributed by atoms with van der Waals surface area (Å²) in [6.45, 7) is 0. The second-order valence-corrected chi connectivity index (χ2v) is 5.59. The van der Waals surface area contributed by atoms with E-state index >= 15 is 0 Å². The van der Waals surface area contributed by atoms with Gasteiger partial charge in [-0.3, -0.25) is 10.1 Å². The van der Waals surface area contributed by atoms with Crippen molar-refractivity contribution in [3.05, 3.63) is 35.5 Å². The van der Waals surface area contributed by atoms with Crippen LogP contribution in [0.4, 0.5) is 5.13 Å². The van der Waals surface area contributed by atoms with E-state index < -0.39 is 0 Å². The van der Waals surface area contributed by atoms with E-state index in [1.54, 1.807) is 24.5 Å². The van der Waals surface area contributed by atoms with Gasteiger partial charge in [-0.25, -0.2) is 9.97 Å². The molecule has 0 atom stereocenters. The molecule has 1 aliphatic carbocycles. The third-order valence-electron chi connectivity index (χ3n) is 3.24. The van der Waals surface area contributed by atoms with Crippen LogP contribution in [0.3, 0.4) is 0 Å². The molecule has 5 nitrogen and oxygen atoms in total. The molecule has 1 aliphatic rings. The number of carbonyl (C=O) groups is 1. The summed E-state index contributed by atoms with van der Waals surface area (Å²) >= 11 is 1.39. The molecule has 1 fully saturated rings. The minimum atomic E-state index is -0.196. The average Bonchev–Trinajstić information content (AvgIpc) is 3.12. The highest BCUT2D eigenvalue weighted by Crippen LogP contribution is 2.23. The van der Waals surface area contributed by atoms with E-state index in [1.807, 2.05) is 5.38 Å². The lowest BCUT2D eigenvalue weighted by Gasteiger charge is -2.12. The van der Waals surface area contributed by atoms with Crippen molar-refractivity contribution < 1.29 is 9.53 Å². The van der Waals surface area contributed by atoms with Crippen molar-refractivity contribution in [3.8, 4) is 5.88 Å². The quantitative estimate of drug-likeness (QED) is 0.939. The highest BCUT2D eigenvalue weighted by atomic mass is 32.1. The normalized spacial score (nSPS) is 15.2. The summed E-state index contributed by atoms with van der Waals surface area (Å²) in [5, 5.41) is 5.15. The van der Waals surface area contributed by atoms with Gasteiger partial charge in [-0.2, -0.15) is 0 Å². The van der Waals surface area contributed by atoms with Crippen LogP contribution >= 0.6 is 11.3 Å². The molecule has 2 heterocycles. The molecule has 0 aromatic carbocycles. The highest BCUT2D eigenvalue weighted by Gasteiger charge is 2.17. The summed E-state index contributed by atoms with van der Waals surface area (Å²) in [6.07, 6.45) is 8.03. The molecule has 0 bridgehead atoms. The van der Waals surface area contributed by atoms with E-state index in [2.05, 4.69) is 15.3 Å². The van der Waals surface area contributed by atoms with Crippen LogP contribution in [-0.4, -0.2) is 22.0 Å². The number of nitrogens with one attached hydrogen (secondary N) is 1. The van der Waals surface area contributed by atoms with Gasteiger partial charge in [-0.1, -0.05) is 0 Å². The van der Waals surface area contributed by atoms with Crippen LogP contribution < -0.4 is 10.1 Å². The van der Waals surface area contributed by atoms with Crippen LogP contribution in [0.5, 0.6) is 5.88 Å². The van der Waals surface area contributed by atoms with E-state index in [0.717, 1.165) is 12.8 Å². The lowest BCUT2D eigenvalue weighted by molar-refractivity contribution is 0.102. The molecular formula is C14H15N3O2S. The summed E-state index contributed by atoms with van der Waals surface area (Å²) in [6, 6.07) is 3.35. The fourth-order valence-electron chi connectivity index (χ4n) is 2.25. The number of hydrogen-bond acceptors (Lipinski definition) is 5. The van der Waals surface area contributed by atoms with E-state index in [9.17, 15) is 4.79 Å². The zero-order valence-corrected chi connectivity index (χ0v) is 11.7. The molecule has 20 heavy (non-hydrogen) atoms. The number of hydrogen-bond donors (Lipinski definition) is 1. The maximum Gasteiger partial charge on any atom is 0.257 e. The number of aromatic nitrogens is 2. The Balaban J connectivity index is 1.68. The molecule has 6 heteroatoms. The molecule has 0 radical (unpaired) electrons. The maximum absolute atomic E-state index is 12.1. The summed E-state index contributed by atoms with van der Waals surface area (Å²) < 4.78 is 5.80. The first-order valence-electron chi connectivity index (χ1n) is 6.65. The topological polar surface area (TPSA) is 64.1 Å². The third kappa shape index (κ3) is 3.14. The first kappa shape index (κ1) is 13.1. The summed E-state index contributed by atoms with van der Waals surface area (Å²) in [7, 11) is 0. The highest BCUT2D eigenvalue weighted by molar-refractivity contribution is 7.13. The zero-order chi connectivity index (χ0) is 13.8. The van der Waals surface area contributed by atoms with Gasteiger partial charge in [0.05, 0.1) is 0 Å². The van der Waals surface area contributed by atoms with Gasteiger partial charge in [0.1, 0.15) is 6.10 Å². The van der Waals surface area contributed by atoms with Crippen LogP contribution in [0.2, 0.25) is 0 Å². The molecule has 0 saturated heterocycles. The van der Waals surface area contributed by atoms with E-state index in [1.165, 1.54) is 24.2 Å². The van der Waals surface area contributed by atoms with Gasteiger partial charge in [0.15, 0.2) is 5.13 Å². The Morgan fingerprint density at radius 1 is 1.30 bits per heavy atom.